The van der Waals surface area contributed by atoms with Gasteiger partial charge in [-0.25, -0.2) is 0 Å². The van der Waals surface area contributed by atoms with Gasteiger partial charge in [-0.2, -0.15) is 0 Å². The normalized spacial score (nSPS) is 18.6. The van der Waals surface area contributed by atoms with E-state index >= 15 is 0 Å². The summed E-state index contributed by atoms with van der Waals surface area (Å²) in [5.74, 6) is -0.0234. The van der Waals surface area contributed by atoms with Gasteiger partial charge in [0.2, 0.25) is 0 Å². The molecule has 2 N–H and O–H groups in total. The first-order valence-electron chi connectivity index (χ1n) is 4.30. The lowest BCUT2D eigenvalue weighted by Crippen LogP contribution is -2.26. The highest BCUT2D eigenvalue weighted by Gasteiger charge is 2.44. The highest BCUT2D eigenvalue weighted by molar-refractivity contribution is 5.50. The van der Waals surface area contributed by atoms with Gasteiger partial charge in [-0.3, -0.25) is 0 Å². The Morgan fingerprint density at radius 1 is 1.40 bits per heavy atom. The molecule has 1 aliphatic rings. The average Bonchev–Trinajstić information content (AvgIpc) is 2.49. The molecule has 3 nitrogen and oxygen atoms in total. The van der Waals surface area contributed by atoms with Crippen molar-refractivity contribution in [3.63, 3.8) is 0 Å². The predicted molar refractivity (Wildman–Crippen MR) is 49.8 cm³/mol. The molecule has 5 heteroatoms. The van der Waals surface area contributed by atoms with Crippen molar-refractivity contribution in [2.75, 3.05) is 0 Å². The second kappa shape index (κ2) is 3.20. The standard InChI is InChI=1S/C10H9F2NO2/c1-2-7(13)6-4-3-5-8-9(6)15-10(11,12)14-8/h2-5,7H,1,13H2/t7-/m0/s1. The number of benzene rings is 1. The van der Waals surface area contributed by atoms with Crippen LogP contribution in [0.2, 0.25) is 0 Å². The van der Waals surface area contributed by atoms with E-state index in [-0.39, 0.29) is 11.5 Å². The summed E-state index contributed by atoms with van der Waals surface area (Å²) in [6.45, 7) is 3.49. The molecule has 0 unspecified atom stereocenters. The van der Waals surface area contributed by atoms with Crippen LogP contribution in [-0.2, 0) is 0 Å². The predicted octanol–water partition coefficient (Wildman–Crippen LogP) is 2.19. The molecule has 0 radical (unpaired) electrons. The molecule has 1 atom stereocenters. The summed E-state index contributed by atoms with van der Waals surface area (Å²) in [5.41, 5.74) is 6.09. The molecule has 0 saturated carbocycles. The highest BCUT2D eigenvalue weighted by atomic mass is 19.3. The Hall–Kier alpha value is -1.62. The third kappa shape index (κ3) is 1.66. The number of fused-ring (bicyclic) bond motifs is 1. The SMILES string of the molecule is C=C[C@H](N)c1cccc2c1OC(F)(F)O2. The van der Waals surface area contributed by atoms with Crippen molar-refractivity contribution in [3.05, 3.63) is 36.4 Å². The Kier molecular flexibility index (Phi) is 2.12. The van der Waals surface area contributed by atoms with E-state index in [1.807, 2.05) is 0 Å². The van der Waals surface area contributed by atoms with Crippen molar-refractivity contribution in [3.8, 4) is 11.5 Å². The number of hydrogen-bond acceptors (Lipinski definition) is 3. The van der Waals surface area contributed by atoms with Crippen molar-refractivity contribution in [1.29, 1.82) is 0 Å². The Balaban J connectivity index is 2.46. The van der Waals surface area contributed by atoms with Crippen molar-refractivity contribution >= 4 is 0 Å². The molecule has 0 amide bonds. The van der Waals surface area contributed by atoms with E-state index in [1.54, 1.807) is 12.1 Å². The average molecular weight is 213 g/mol. The lowest BCUT2D eigenvalue weighted by Gasteiger charge is -2.09. The number of ether oxygens (including phenoxy) is 2. The molecule has 1 aromatic rings. The summed E-state index contributed by atoms with van der Waals surface area (Å²) in [5, 5.41) is 0. The lowest BCUT2D eigenvalue weighted by molar-refractivity contribution is -0.286. The second-order valence-electron chi connectivity index (χ2n) is 3.10. The van der Waals surface area contributed by atoms with Gasteiger partial charge < -0.3 is 15.2 Å². The summed E-state index contributed by atoms with van der Waals surface area (Å²) < 4.78 is 34.2. The van der Waals surface area contributed by atoms with Crippen molar-refractivity contribution < 1.29 is 18.3 Å². The highest BCUT2D eigenvalue weighted by Crippen LogP contribution is 2.44. The van der Waals surface area contributed by atoms with Gasteiger partial charge in [0.25, 0.3) is 0 Å². The molecule has 0 fully saturated rings. The third-order valence-electron chi connectivity index (χ3n) is 2.07. The van der Waals surface area contributed by atoms with Crippen LogP contribution in [0.3, 0.4) is 0 Å². The van der Waals surface area contributed by atoms with Gasteiger partial charge in [-0.1, -0.05) is 18.2 Å². The fourth-order valence-electron chi connectivity index (χ4n) is 1.38. The van der Waals surface area contributed by atoms with E-state index in [1.165, 1.54) is 12.1 Å². The van der Waals surface area contributed by atoms with Crippen molar-refractivity contribution in [2.24, 2.45) is 5.73 Å². The molecule has 1 heterocycles. The topological polar surface area (TPSA) is 44.5 Å². The van der Waals surface area contributed by atoms with E-state index in [9.17, 15) is 8.78 Å². The zero-order chi connectivity index (χ0) is 11.1. The maximum atomic E-state index is 12.8. The number of alkyl halides is 2. The van der Waals surface area contributed by atoms with Crippen LogP contribution in [0.25, 0.3) is 0 Å². The van der Waals surface area contributed by atoms with E-state index in [4.69, 9.17) is 5.73 Å². The quantitative estimate of drug-likeness (QED) is 0.766. The van der Waals surface area contributed by atoms with Crippen LogP contribution < -0.4 is 15.2 Å². The zero-order valence-corrected chi connectivity index (χ0v) is 7.74. The number of hydrogen-bond donors (Lipinski definition) is 1. The molecule has 0 saturated heterocycles. The fourth-order valence-corrected chi connectivity index (χ4v) is 1.38. The monoisotopic (exact) mass is 213 g/mol. The smallest absolute Gasteiger partial charge is 0.395 e. The number of para-hydroxylation sites is 1. The van der Waals surface area contributed by atoms with E-state index in [2.05, 4.69) is 16.1 Å². The van der Waals surface area contributed by atoms with Gasteiger partial charge in [0.15, 0.2) is 11.5 Å². The van der Waals surface area contributed by atoms with E-state index in [0.29, 0.717) is 5.56 Å². The molecule has 1 aliphatic heterocycles. The molecule has 2 rings (SSSR count). The van der Waals surface area contributed by atoms with Crippen LogP contribution >= 0.6 is 0 Å². The maximum Gasteiger partial charge on any atom is 0.586 e. The van der Waals surface area contributed by atoms with E-state index < -0.39 is 12.3 Å². The number of nitrogens with two attached hydrogens (primary N) is 1. The first-order chi connectivity index (χ1) is 7.03. The Bertz CT molecular complexity index is 406. The molecular weight excluding hydrogens is 204 g/mol. The number of rotatable bonds is 2. The summed E-state index contributed by atoms with van der Waals surface area (Å²) in [6, 6.07) is 4.01. The molecule has 0 spiro atoms. The van der Waals surface area contributed by atoms with Crippen LogP contribution in [-0.4, -0.2) is 6.29 Å². The minimum absolute atomic E-state index is 0.00481. The van der Waals surface area contributed by atoms with Crippen molar-refractivity contribution in [1.82, 2.24) is 0 Å². The van der Waals surface area contributed by atoms with E-state index in [0.717, 1.165) is 0 Å². The zero-order valence-electron chi connectivity index (χ0n) is 7.74. The van der Waals surface area contributed by atoms with Crippen LogP contribution in [0.15, 0.2) is 30.9 Å². The lowest BCUT2D eigenvalue weighted by atomic mass is 10.1. The second-order valence-corrected chi connectivity index (χ2v) is 3.10. The molecule has 15 heavy (non-hydrogen) atoms. The van der Waals surface area contributed by atoms with Crippen molar-refractivity contribution in [2.45, 2.75) is 12.3 Å². The number of halogens is 2. The molecule has 0 bridgehead atoms. The van der Waals surface area contributed by atoms with Gasteiger partial charge in [-0.05, 0) is 6.07 Å². The van der Waals surface area contributed by atoms with Crippen LogP contribution in [0.1, 0.15) is 11.6 Å². The first kappa shape index (κ1) is 9.92. The van der Waals surface area contributed by atoms with Gasteiger partial charge >= 0.3 is 6.29 Å². The molecule has 0 aromatic heterocycles. The van der Waals surface area contributed by atoms with Gasteiger partial charge in [-0.15, -0.1) is 15.4 Å². The molecule has 0 aliphatic carbocycles. The van der Waals surface area contributed by atoms with Crippen LogP contribution in [0.5, 0.6) is 11.5 Å². The van der Waals surface area contributed by atoms with Crippen LogP contribution in [0, 0.1) is 0 Å². The largest absolute Gasteiger partial charge is 0.586 e. The van der Waals surface area contributed by atoms with Gasteiger partial charge in [0, 0.05) is 5.56 Å². The molecular formula is C10H9F2NO2. The summed E-state index contributed by atoms with van der Waals surface area (Å²) >= 11 is 0. The Morgan fingerprint density at radius 3 is 2.80 bits per heavy atom. The summed E-state index contributed by atoms with van der Waals surface area (Å²) in [7, 11) is 0. The summed E-state index contributed by atoms with van der Waals surface area (Å²) in [4.78, 5) is 0. The minimum Gasteiger partial charge on any atom is -0.395 e. The Morgan fingerprint density at radius 2 is 2.13 bits per heavy atom. The first-order valence-corrected chi connectivity index (χ1v) is 4.30. The molecule has 80 valence electrons. The molecule has 1 aromatic carbocycles. The minimum atomic E-state index is -3.61. The van der Waals surface area contributed by atoms with Gasteiger partial charge in [0.05, 0.1) is 6.04 Å². The van der Waals surface area contributed by atoms with Crippen LogP contribution in [0.4, 0.5) is 8.78 Å². The third-order valence-corrected chi connectivity index (χ3v) is 2.07. The maximum absolute atomic E-state index is 12.8. The summed E-state index contributed by atoms with van der Waals surface area (Å²) in [6.07, 6.45) is -2.17. The van der Waals surface area contributed by atoms with Gasteiger partial charge in [0.1, 0.15) is 0 Å². The fraction of sp³-hybridized carbons (Fsp3) is 0.200. The Labute approximate surface area is 85.1 Å².